The first-order valence-corrected chi connectivity index (χ1v) is 7.98. The van der Waals surface area contributed by atoms with E-state index in [1.807, 2.05) is 0 Å². The highest BCUT2D eigenvalue weighted by molar-refractivity contribution is 4.93. The van der Waals surface area contributed by atoms with E-state index < -0.39 is 0 Å². The minimum Gasteiger partial charge on any atom is -0.381 e. The number of rotatable bonds is 5. The van der Waals surface area contributed by atoms with Crippen molar-refractivity contribution in [2.45, 2.75) is 57.0 Å². The van der Waals surface area contributed by atoms with E-state index in [4.69, 9.17) is 4.74 Å². The predicted octanol–water partition coefficient (Wildman–Crippen LogP) is 1.92. The number of ether oxygens (including phenoxy) is 1. The molecule has 1 aliphatic carbocycles. The molecular formula is C15H28N2O. The highest BCUT2D eigenvalue weighted by Gasteiger charge is 2.34. The maximum atomic E-state index is 5.44. The summed E-state index contributed by atoms with van der Waals surface area (Å²) in [5.74, 6) is 1.72. The zero-order valence-electron chi connectivity index (χ0n) is 11.5. The summed E-state index contributed by atoms with van der Waals surface area (Å²) >= 11 is 0. The van der Waals surface area contributed by atoms with Crippen LogP contribution in [0.5, 0.6) is 0 Å². The van der Waals surface area contributed by atoms with Crippen LogP contribution in [0.15, 0.2) is 0 Å². The number of hydrogen-bond donors (Lipinski definition) is 2. The van der Waals surface area contributed by atoms with Gasteiger partial charge in [-0.2, -0.15) is 0 Å². The van der Waals surface area contributed by atoms with Gasteiger partial charge in [0.15, 0.2) is 0 Å². The SMILES string of the molecule is C1CNC(C2CCCC2NCCC2CCOC2)C1. The number of nitrogens with one attached hydrogen (secondary N) is 2. The Morgan fingerprint density at radius 2 is 2.11 bits per heavy atom. The monoisotopic (exact) mass is 252 g/mol. The van der Waals surface area contributed by atoms with E-state index in [-0.39, 0.29) is 0 Å². The molecule has 4 unspecified atom stereocenters. The van der Waals surface area contributed by atoms with E-state index in [1.165, 1.54) is 58.0 Å². The molecule has 0 radical (unpaired) electrons. The smallest absolute Gasteiger partial charge is 0.0495 e. The highest BCUT2D eigenvalue weighted by Crippen LogP contribution is 2.32. The predicted molar refractivity (Wildman–Crippen MR) is 73.7 cm³/mol. The van der Waals surface area contributed by atoms with Gasteiger partial charge in [-0.25, -0.2) is 0 Å². The summed E-state index contributed by atoms with van der Waals surface area (Å²) < 4.78 is 5.44. The third-order valence-corrected chi connectivity index (χ3v) is 5.17. The highest BCUT2D eigenvalue weighted by atomic mass is 16.5. The molecule has 2 N–H and O–H groups in total. The lowest BCUT2D eigenvalue weighted by molar-refractivity contribution is 0.183. The second-order valence-electron chi connectivity index (χ2n) is 6.38. The Bertz CT molecular complexity index is 247. The van der Waals surface area contributed by atoms with Gasteiger partial charge in [-0.1, -0.05) is 6.42 Å². The fourth-order valence-electron chi connectivity index (χ4n) is 4.08. The Labute approximate surface area is 111 Å². The summed E-state index contributed by atoms with van der Waals surface area (Å²) in [5, 5.41) is 7.54. The lowest BCUT2D eigenvalue weighted by atomic mass is 9.93. The topological polar surface area (TPSA) is 33.3 Å². The van der Waals surface area contributed by atoms with Crippen LogP contribution in [-0.4, -0.2) is 38.4 Å². The first-order valence-electron chi connectivity index (χ1n) is 7.98. The van der Waals surface area contributed by atoms with Crippen molar-refractivity contribution in [3.63, 3.8) is 0 Å². The molecule has 0 spiro atoms. The van der Waals surface area contributed by atoms with Crippen molar-refractivity contribution in [2.24, 2.45) is 11.8 Å². The zero-order valence-corrected chi connectivity index (χ0v) is 11.5. The maximum absolute atomic E-state index is 5.44. The molecule has 2 aliphatic heterocycles. The molecule has 4 atom stereocenters. The van der Waals surface area contributed by atoms with Crippen molar-refractivity contribution < 1.29 is 4.74 Å². The molecular weight excluding hydrogens is 224 g/mol. The average molecular weight is 252 g/mol. The van der Waals surface area contributed by atoms with Crippen LogP contribution in [0.25, 0.3) is 0 Å². The van der Waals surface area contributed by atoms with Gasteiger partial charge in [-0.05, 0) is 63.5 Å². The van der Waals surface area contributed by atoms with E-state index in [1.54, 1.807) is 0 Å². The van der Waals surface area contributed by atoms with Crippen LogP contribution in [0.2, 0.25) is 0 Å². The summed E-state index contributed by atoms with van der Waals surface area (Å²) in [5.41, 5.74) is 0. The minimum atomic E-state index is 0.780. The van der Waals surface area contributed by atoms with Crippen LogP contribution in [0.4, 0.5) is 0 Å². The standard InChI is InChI=1S/C15H28N2O/c1-3-13(15-5-2-8-16-15)14(4-1)17-9-6-12-7-10-18-11-12/h12-17H,1-11H2. The average Bonchev–Trinajstić information content (AvgIpc) is 3.12. The van der Waals surface area contributed by atoms with Crippen LogP contribution < -0.4 is 10.6 Å². The van der Waals surface area contributed by atoms with Gasteiger partial charge in [0.1, 0.15) is 0 Å². The Morgan fingerprint density at radius 3 is 2.89 bits per heavy atom. The van der Waals surface area contributed by atoms with Gasteiger partial charge in [-0.15, -0.1) is 0 Å². The molecule has 0 amide bonds. The van der Waals surface area contributed by atoms with Crippen LogP contribution >= 0.6 is 0 Å². The normalized spacial score (nSPS) is 40.7. The molecule has 0 aromatic rings. The van der Waals surface area contributed by atoms with Gasteiger partial charge in [0.05, 0.1) is 0 Å². The molecule has 0 aromatic carbocycles. The number of hydrogen-bond acceptors (Lipinski definition) is 3. The summed E-state index contributed by atoms with van der Waals surface area (Å²) in [6.07, 6.45) is 9.62. The summed E-state index contributed by atoms with van der Waals surface area (Å²) in [7, 11) is 0. The molecule has 3 heteroatoms. The van der Waals surface area contributed by atoms with E-state index in [0.717, 1.165) is 37.1 Å². The lowest BCUT2D eigenvalue weighted by Gasteiger charge is -2.27. The largest absolute Gasteiger partial charge is 0.381 e. The fraction of sp³-hybridized carbons (Fsp3) is 1.00. The third-order valence-electron chi connectivity index (χ3n) is 5.17. The van der Waals surface area contributed by atoms with E-state index >= 15 is 0 Å². The quantitative estimate of drug-likeness (QED) is 0.784. The molecule has 104 valence electrons. The van der Waals surface area contributed by atoms with Crippen LogP contribution in [0.1, 0.15) is 44.9 Å². The van der Waals surface area contributed by atoms with Crippen LogP contribution in [0.3, 0.4) is 0 Å². The molecule has 18 heavy (non-hydrogen) atoms. The van der Waals surface area contributed by atoms with E-state index in [0.29, 0.717) is 0 Å². The molecule has 3 nitrogen and oxygen atoms in total. The molecule has 2 saturated heterocycles. The van der Waals surface area contributed by atoms with E-state index in [2.05, 4.69) is 10.6 Å². The first-order chi connectivity index (χ1) is 8.93. The molecule has 2 heterocycles. The maximum Gasteiger partial charge on any atom is 0.0495 e. The van der Waals surface area contributed by atoms with Gasteiger partial charge in [-0.3, -0.25) is 0 Å². The van der Waals surface area contributed by atoms with Crippen molar-refractivity contribution in [1.82, 2.24) is 10.6 Å². The minimum absolute atomic E-state index is 0.780. The van der Waals surface area contributed by atoms with Crippen molar-refractivity contribution in [2.75, 3.05) is 26.3 Å². The Morgan fingerprint density at radius 1 is 1.11 bits per heavy atom. The fourth-order valence-corrected chi connectivity index (χ4v) is 4.08. The third kappa shape index (κ3) is 3.06. The van der Waals surface area contributed by atoms with Gasteiger partial charge in [0, 0.05) is 25.3 Å². The molecule has 1 saturated carbocycles. The Hall–Kier alpha value is -0.120. The van der Waals surface area contributed by atoms with Crippen LogP contribution in [-0.2, 0) is 4.74 Å². The van der Waals surface area contributed by atoms with Gasteiger partial charge < -0.3 is 15.4 Å². The lowest BCUT2D eigenvalue weighted by Crippen LogP contribution is -2.42. The van der Waals surface area contributed by atoms with Gasteiger partial charge >= 0.3 is 0 Å². The molecule has 3 fully saturated rings. The second-order valence-corrected chi connectivity index (χ2v) is 6.38. The van der Waals surface area contributed by atoms with Crippen molar-refractivity contribution in [1.29, 1.82) is 0 Å². The summed E-state index contributed by atoms with van der Waals surface area (Å²) in [6.45, 7) is 4.43. The molecule has 0 bridgehead atoms. The van der Waals surface area contributed by atoms with Crippen molar-refractivity contribution in [3.8, 4) is 0 Å². The van der Waals surface area contributed by atoms with Gasteiger partial charge in [0.2, 0.25) is 0 Å². The molecule has 3 aliphatic rings. The van der Waals surface area contributed by atoms with E-state index in [9.17, 15) is 0 Å². The van der Waals surface area contributed by atoms with Crippen molar-refractivity contribution >= 4 is 0 Å². The summed E-state index contributed by atoms with van der Waals surface area (Å²) in [4.78, 5) is 0. The summed E-state index contributed by atoms with van der Waals surface area (Å²) in [6, 6.07) is 1.59. The zero-order chi connectivity index (χ0) is 12.2. The Kier molecular flexibility index (Phi) is 4.55. The molecule has 3 rings (SSSR count). The van der Waals surface area contributed by atoms with Crippen molar-refractivity contribution in [3.05, 3.63) is 0 Å². The second kappa shape index (κ2) is 6.36. The first kappa shape index (κ1) is 12.9. The van der Waals surface area contributed by atoms with Crippen LogP contribution in [0, 0.1) is 11.8 Å². The molecule has 0 aromatic heterocycles. The Balaban J connectivity index is 1.40. The van der Waals surface area contributed by atoms with Gasteiger partial charge in [0.25, 0.3) is 0 Å².